The van der Waals surface area contributed by atoms with Crippen molar-refractivity contribution < 1.29 is 4.42 Å². The molecule has 0 N–H and O–H groups in total. The monoisotopic (exact) mass is 670 g/mol. The van der Waals surface area contributed by atoms with Gasteiger partial charge in [-0.1, -0.05) is 127 Å². The maximum atomic E-state index is 6.97. The number of hydrogen-bond donors (Lipinski definition) is 0. The van der Waals surface area contributed by atoms with Crippen molar-refractivity contribution in [3.05, 3.63) is 158 Å². The van der Waals surface area contributed by atoms with E-state index in [9.17, 15) is 0 Å². The molecule has 0 unspecified atom stereocenters. The summed E-state index contributed by atoms with van der Waals surface area (Å²) in [5, 5.41) is 6.89. The number of para-hydroxylation sites is 4. The van der Waals surface area contributed by atoms with Gasteiger partial charge in [0.05, 0.1) is 16.6 Å². The number of hydrogen-bond acceptors (Lipinski definition) is 5. The average molecular weight is 671 g/mol. The molecule has 11 rings (SSSR count). The van der Waals surface area contributed by atoms with Crippen molar-refractivity contribution in [2.45, 2.75) is 0 Å². The van der Waals surface area contributed by atoms with Gasteiger partial charge >= 0.3 is 0 Å². The van der Waals surface area contributed by atoms with Gasteiger partial charge < -0.3 is 4.42 Å². The molecular weight excluding hydrogens is 645 g/mol. The summed E-state index contributed by atoms with van der Waals surface area (Å²) in [7, 11) is 0. The van der Waals surface area contributed by atoms with E-state index in [0.717, 1.165) is 66.0 Å². The molecule has 51 heavy (non-hydrogen) atoms. The lowest BCUT2D eigenvalue weighted by molar-refractivity contribution is 0.670. The van der Waals surface area contributed by atoms with E-state index in [1.807, 2.05) is 41.7 Å². The Kier molecular flexibility index (Phi) is 6.05. The minimum atomic E-state index is 0.554. The summed E-state index contributed by atoms with van der Waals surface area (Å²) in [5.74, 6) is 1.71. The zero-order valence-corrected chi connectivity index (χ0v) is 27.9. The van der Waals surface area contributed by atoms with Crippen LogP contribution in [0.25, 0.3) is 104 Å². The van der Waals surface area contributed by atoms with Gasteiger partial charge in [0.15, 0.2) is 11.6 Å². The number of benzene rings is 7. The fourth-order valence-corrected chi connectivity index (χ4v) is 8.78. The molecule has 0 atom stereocenters. The molecule has 7 aromatic carbocycles. The van der Waals surface area contributed by atoms with Crippen LogP contribution in [-0.2, 0) is 0 Å². The summed E-state index contributed by atoms with van der Waals surface area (Å²) < 4.78 is 11.7. The predicted octanol–water partition coefficient (Wildman–Crippen LogP) is 12.2. The van der Waals surface area contributed by atoms with E-state index in [0.29, 0.717) is 17.6 Å². The maximum Gasteiger partial charge on any atom is 0.238 e. The number of fused-ring (bicyclic) bond motifs is 9. The van der Waals surface area contributed by atoms with E-state index in [2.05, 4.69) is 132 Å². The minimum absolute atomic E-state index is 0.554. The lowest BCUT2D eigenvalue weighted by Gasteiger charge is -2.11. The lowest BCUT2D eigenvalue weighted by Crippen LogP contribution is -2.06. The van der Waals surface area contributed by atoms with Crippen LogP contribution in [0.3, 0.4) is 0 Å². The maximum absolute atomic E-state index is 6.97. The molecule has 4 aromatic heterocycles. The van der Waals surface area contributed by atoms with E-state index in [4.69, 9.17) is 19.4 Å². The predicted molar refractivity (Wildman–Crippen MR) is 211 cm³/mol. The van der Waals surface area contributed by atoms with Gasteiger partial charge in [-0.2, -0.15) is 9.97 Å². The molecule has 0 saturated carbocycles. The molecule has 11 aromatic rings. The first-order valence-corrected chi connectivity index (χ1v) is 17.8. The van der Waals surface area contributed by atoms with Crippen molar-refractivity contribution in [3.8, 4) is 39.9 Å². The molecule has 0 saturated heterocycles. The van der Waals surface area contributed by atoms with Crippen LogP contribution in [0.2, 0.25) is 0 Å². The summed E-state index contributed by atoms with van der Waals surface area (Å²) in [5.41, 5.74) is 7.64. The third kappa shape index (κ3) is 4.24. The van der Waals surface area contributed by atoms with Crippen LogP contribution in [0.4, 0.5) is 0 Å². The van der Waals surface area contributed by atoms with Crippen LogP contribution >= 0.6 is 11.3 Å². The minimum Gasteiger partial charge on any atom is -0.455 e. The van der Waals surface area contributed by atoms with Crippen LogP contribution in [0, 0.1) is 0 Å². The molecule has 5 nitrogen and oxygen atoms in total. The molecule has 0 amide bonds. The van der Waals surface area contributed by atoms with Crippen LogP contribution in [0.15, 0.2) is 162 Å². The Balaban J connectivity index is 1.18. The first-order valence-electron chi connectivity index (χ1n) is 17.0. The van der Waals surface area contributed by atoms with Gasteiger partial charge in [0.1, 0.15) is 11.2 Å². The fraction of sp³-hybridized carbons (Fsp3) is 0. The molecule has 0 aliphatic carbocycles. The van der Waals surface area contributed by atoms with E-state index in [-0.39, 0.29) is 0 Å². The number of rotatable bonds is 4. The van der Waals surface area contributed by atoms with Crippen molar-refractivity contribution in [1.29, 1.82) is 0 Å². The highest BCUT2D eigenvalue weighted by Crippen LogP contribution is 2.44. The molecular formula is C45H26N4OS. The highest BCUT2D eigenvalue weighted by atomic mass is 32.1. The van der Waals surface area contributed by atoms with E-state index < -0.39 is 0 Å². The number of thiophene rings is 1. The number of aromatic nitrogens is 4. The SMILES string of the molecule is c1ccc(-c2nc(-c3cccc4c3oc3c(-c5cccc6sc7ccccc7c56)cccc34)nc(-n3c4ccccc4c4ccccc43)n2)cc1. The Morgan fingerprint density at radius 2 is 0.961 bits per heavy atom. The molecule has 4 heterocycles. The summed E-state index contributed by atoms with van der Waals surface area (Å²) in [6, 6.07) is 54.8. The summed E-state index contributed by atoms with van der Waals surface area (Å²) in [6.07, 6.45) is 0. The van der Waals surface area contributed by atoms with Crippen molar-refractivity contribution >= 4 is 75.3 Å². The molecule has 238 valence electrons. The smallest absolute Gasteiger partial charge is 0.238 e. The van der Waals surface area contributed by atoms with Crippen molar-refractivity contribution in [2.75, 3.05) is 0 Å². The van der Waals surface area contributed by atoms with Crippen molar-refractivity contribution in [1.82, 2.24) is 19.5 Å². The topological polar surface area (TPSA) is 56.7 Å². The number of furan rings is 1. The Labute approximate surface area is 295 Å². The zero-order valence-electron chi connectivity index (χ0n) is 27.1. The Hall–Kier alpha value is -6.63. The second kappa shape index (κ2) is 10.9. The third-order valence-electron chi connectivity index (χ3n) is 9.89. The molecule has 6 heteroatoms. The molecule has 0 spiro atoms. The normalized spacial score (nSPS) is 11.9. The van der Waals surface area contributed by atoms with E-state index in [1.54, 1.807) is 0 Å². The van der Waals surface area contributed by atoms with Gasteiger partial charge in [-0.05, 0) is 35.9 Å². The third-order valence-corrected chi connectivity index (χ3v) is 11.0. The van der Waals surface area contributed by atoms with Gasteiger partial charge in [0.2, 0.25) is 5.95 Å². The van der Waals surface area contributed by atoms with Gasteiger partial charge in [-0.25, -0.2) is 4.98 Å². The standard InChI is InChI=1S/C45H26N4OS/c1-2-13-27(14-3-1)43-46-44(48-45(47-43)49-36-23-7-4-15-28(36)29-16-5-8-24-37(29)49)35-22-11-21-33-32-20-10-19-31(41(32)50-42(33)35)30-18-12-26-39-40(30)34-17-6-9-25-38(34)51-39/h1-26H. The number of nitrogens with zero attached hydrogens (tertiary/aromatic N) is 4. The molecule has 0 bridgehead atoms. The van der Waals surface area contributed by atoms with Crippen molar-refractivity contribution in [3.63, 3.8) is 0 Å². The first kappa shape index (κ1) is 28.2. The van der Waals surface area contributed by atoms with Gasteiger partial charge in [0, 0.05) is 52.8 Å². The van der Waals surface area contributed by atoms with Gasteiger partial charge in [-0.15, -0.1) is 11.3 Å². The van der Waals surface area contributed by atoms with E-state index in [1.165, 1.54) is 20.2 Å². The van der Waals surface area contributed by atoms with Crippen LogP contribution < -0.4 is 0 Å². The second-order valence-electron chi connectivity index (χ2n) is 12.8. The van der Waals surface area contributed by atoms with Gasteiger partial charge in [0.25, 0.3) is 0 Å². The van der Waals surface area contributed by atoms with Crippen LogP contribution in [0.5, 0.6) is 0 Å². The van der Waals surface area contributed by atoms with Gasteiger partial charge in [-0.3, -0.25) is 4.57 Å². The van der Waals surface area contributed by atoms with Crippen LogP contribution in [-0.4, -0.2) is 19.5 Å². The molecule has 0 radical (unpaired) electrons. The molecule has 0 fully saturated rings. The van der Waals surface area contributed by atoms with E-state index >= 15 is 0 Å². The van der Waals surface area contributed by atoms with Crippen LogP contribution in [0.1, 0.15) is 0 Å². The van der Waals surface area contributed by atoms with Crippen molar-refractivity contribution in [2.24, 2.45) is 0 Å². The Morgan fingerprint density at radius 3 is 1.73 bits per heavy atom. The summed E-state index contributed by atoms with van der Waals surface area (Å²) in [4.78, 5) is 15.5. The molecule has 0 aliphatic heterocycles. The largest absolute Gasteiger partial charge is 0.455 e. The Morgan fingerprint density at radius 1 is 0.412 bits per heavy atom. The summed E-state index contributed by atoms with van der Waals surface area (Å²) in [6.45, 7) is 0. The quantitative estimate of drug-likeness (QED) is 0.187. The fourth-order valence-electron chi connectivity index (χ4n) is 7.65. The first-order chi connectivity index (χ1) is 25.3. The zero-order chi connectivity index (χ0) is 33.5. The second-order valence-corrected chi connectivity index (χ2v) is 13.8. The lowest BCUT2D eigenvalue weighted by atomic mass is 9.97. The highest BCUT2D eigenvalue weighted by Gasteiger charge is 2.22. The highest BCUT2D eigenvalue weighted by molar-refractivity contribution is 7.25. The summed E-state index contributed by atoms with van der Waals surface area (Å²) >= 11 is 1.83. The average Bonchev–Trinajstić information content (AvgIpc) is 3.88. The Bertz CT molecular complexity index is 3100. The molecule has 0 aliphatic rings.